The third-order valence-corrected chi connectivity index (χ3v) is 3.03. The number of halogens is 1. The second-order valence-electron chi connectivity index (χ2n) is 5.44. The van der Waals surface area contributed by atoms with E-state index < -0.39 is 5.41 Å². The van der Waals surface area contributed by atoms with Gasteiger partial charge in [-0.2, -0.15) is 0 Å². The van der Waals surface area contributed by atoms with Crippen molar-refractivity contribution in [3.05, 3.63) is 0 Å². The molecule has 1 saturated heterocycles. The Kier molecular flexibility index (Phi) is 5.70. The van der Waals surface area contributed by atoms with Gasteiger partial charge in [0.05, 0.1) is 5.41 Å². The minimum absolute atomic E-state index is 0.160. The maximum Gasteiger partial charge on any atom is 0.330 e. The molecule has 0 radical (unpaired) electrons. The third kappa shape index (κ3) is 5.23. The van der Waals surface area contributed by atoms with Crippen molar-refractivity contribution >= 4 is 17.6 Å². The van der Waals surface area contributed by atoms with Crippen LogP contribution in [0.15, 0.2) is 0 Å². The monoisotopic (exact) mass is 262 g/mol. The van der Waals surface area contributed by atoms with Crippen LogP contribution < -0.4 is 0 Å². The van der Waals surface area contributed by atoms with E-state index in [1.807, 2.05) is 20.8 Å². The van der Waals surface area contributed by atoms with E-state index in [9.17, 15) is 4.79 Å². The van der Waals surface area contributed by atoms with Gasteiger partial charge in [-0.1, -0.05) is 0 Å². The average molecular weight is 263 g/mol. The van der Waals surface area contributed by atoms with Crippen molar-refractivity contribution in [3.63, 3.8) is 0 Å². The van der Waals surface area contributed by atoms with Crippen molar-refractivity contribution in [1.29, 1.82) is 0 Å². The molecule has 17 heavy (non-hydrogen) atoms. The van der Waals surface area contributed by atoms with Crippen molar-refractivity contribution < 1.29 is 9.63 Å². The summed E-state index contributed by atoms with van der Waals surface area (Å²) in [6.45, 7) is 10.1. The van der Waals surface area contributed by atoms with E-state index in [2.05, 4.69) is 4.90 Å². The van der Waals surface area contributed by atoms with Gasteiger partial charge in [0.2, 0.25) is 0 Å². The highest BCUT2D eigenvalue weighted by Gasteiger charge is 2.27. The van der Waals surface area contributed by atoms with Gasteiger partial charge in [-0.25, -0.2) is 4.79 Å². The molecule has 1 rings (SSSR count). The summed E-state index contributed by atoms with van der Waals surface area (Å²) in [5, 5.41) is 1.77. The van der Waals surface area contributed by atoms with Crippen molar-refractivity contribution in [2.45, 2.75) is 27.2 Å². The SMILES string of the molecule is CC(C)(C)C(=O)ON1CCN(CCCCl)CC1. The molecule has 0 saturated carbocycles. The van der Waals surface area contributed by atoms with E-state index in [1.165, 1.54) is 0 Å². The minimum atomic E-state index is -0.435. The fourth-order valence-electron chi connectivity index (χ4n) is 1.58. The fourth-order valence-corrected chi connectivity index (χ4v) is 1.70. The number of carbonyl (C=O) groups is 1. The zero-order valence-electron chi connectivity index (χ0n) is 11.0. The molecule has 0 aromatic rings. The van der Waals surface area contributed by atoms with Gasteiger partial charge in [-0.3, -0.25) is 0 Å². The van der Waals surface area contributed by atoms with E-state index in [0.717, 1.165) is 39.1 Å². The molecule has 0 amide bonds. The third-order valence-electron chi connectivity index (χ3n) is 2.76. The highest BCUT2D eigenvalue weighted by molar-refractivity contribution is 6.17. The summed E-state index contributed by atoms with van der Waals surface area (Å²) in [7, 11) is 0. The summed E-state index contributed by atoms with van der Waals surface area (Å²) in [4.78, 5) is 19.4. The first-order chi connectivity index (χ1) is 7.93. The Morgan fingerprint density at radius 2 is 1.82 bits per heavy atom. The Morgan fingerprint density at radius 1 is 1.24 bits per heavy atom. The Labute approximate surface area is 109 Å². The molecule has 1 aliphatic rings. The average Bonchev–Trinajstić information content (AvgIpc) is 2.27. The number of hydrogen-bond donors (Lipinski definition) is 0. The minimum Gasteiger partial charge on any atom is -0.367 e. The maximum atomic E-state index is 11.7. The highest BCUT2D eigenvalue weighted by Crippen LogP contribution is 2.16. The molecule has 0 N–H and O–H groups in total. The lowest BCUT2D eigenvalue weighted by Crippen LogP contribution is -2.48. The summed E-state index contributed by atoms with van der Waals surface area (Å²) in [6.07, 6.45) is 1.02. The predicted molar refractivity (Wildman–Crippen MR) is 68.9 cm³/mol. The molecular weight excluding hydrogens is 240 g/mol. The van der Waals surface area contributed by atoms with Crippen LogP contribution in [0.1, 0.15) is 27.2 Å². The molecule has 1 heterocycles. The van der Waals surface area contributed by atoms with E-state index in [-0.39, 0.29) is 5.97 Å². The van der Waals surface area contributed by atoms with Gasteiger partial charge < -0.3 is 9.74 Å². The van der Waals surface area contributed by atoms with E-state index in [0.29, 0.717) is 5.88 Å². The van der Waals surface area contributed by atoms with Crippen LogP contribution in [0.5, 0.6) is 0 Å². The molecule has 0 aromatic carbocycles. The normalized spacial score (nSPS) is 19.3. The van der Waals surface area contributed by atoms with Crippen molar-refractivity contribution in [2.75, 3.05) is 38.6 Å². The van der Waals surface area contributed by atoms with Gasteiger partial charge in [-0.05, 0) is 33.7 Å². The van der Waals surface area contributed by atoms with Crippen LogP contribution in [-0.2, 0) is 9.63 Å². The van der Waals surface area contributed by atoms with Gasteiger partial charge >= 0.3 is 5.97 Å². The molecule has 0 aromatic heterocycles. The molecule has 1 fully saturated rings. The lowest BCUT2D eigenvalue weighted by Gasteiger charge is -2.34. The standard InChI is InChI=1S/C12H23ClN2O2/c1-12(2,3)11(16)17-15-9-7-14(8-10-15)6-4-5-13/h4-10H2,1-3H3. The number of hydroxylamine groups is 2. The number of rotatable bonds is 4. The Balaban J connectivity index is 2.25. The van der Waals surface area contributed by atoms with Crippen LogP contribution in [0, 0.1) is 5.41 Å². The summed E-state index contributed by atoms with van der Waals surface area (Å²) < 4.78 is 0. The van der Waals surface area contributed by atoms with E-state index >= 15 is 0 Å². The molecule has 100 valence electrons. The molecule has 0 unspecified atom stereocenters. The Hall–Kier alpha value is -0.320. The second kappa shape index (κ2) is 6.57. The largest absolute Gasteiger partial charge is 0.367 e. The van der Waals surface area contributed by atoms with Crippen molar-refractivity contribution in [1.82, 2.24) is 9.96 Å². The Morgan fingerprint density at radius 3 is 2.29 bits per heavy atom. The number of nitrogens with zero attached hydrogens (tertiary/aromatic N) is 2. The lowest BCUT2D eigenvalue weighted by molar-refractivity contribution is -0.206. The van der Waals surface area contributed by atoms with E-state index in [1.54, 1.807) is 5.06 Å². The lowest BCUT2D eigenvalue weighted by atomic mass is 9.98. The smallest absolute Gasteiger partial charge is 0.330 e. The van der Waals surface area contributed by atoms with Crippen LogP contribution in [0.4, 0.5) is 0 Å². The first-order valence-electron chi connectivity index (χ1n) is 6.19. The highest BCUT2D eigenvalue weighted by atomic mass is 35.5. The number of carbonyl (C=O) groups excluding carboxylic acids is 1. The van der Waals surface area contributed by atoms with Crippen LogP contribution >= 0.6 is 11.6 Å². The molecular formula is C12H23ClN2O2. The van der Waals surface area contributed by atoms with Gasteiger partial charge in [-0.15, -0.1) is 16.7 Å². The number of alkyl halides is 1. The van der Waals surface area contributed by atoms with Crippen LogP contribution in [0.2, 0.25) is 0 Å². The topological polar surface area (TPSA) is 32.8 Å². The van der Waals surface area contributed by atoms with Crippen LogP contribution in [0.25, 0.3) is 0 Å². The number of piperazine rings is 1. The zero-order valence-corrected chi connectivity index (χ0v) is 11.8. The van der Waals surface area contributed by atoms with Crippen molar-refractivity contribution in [2.24, 2.45) is 5.41 Å². The molecule has 5 heteroatoms. The van der Waals surface area contributed by atoms with Gasteiger partial charge in [0.1, 0.15) is 0 Å². The zero-order chi connectivity index (χ0) is 12.9. The fraction of sp³-hybridized carbons (Fsp3) is 0.917. The molecule has 0 spiro atoms. The molecule has 0 bridgehead atoms. The van der Waals surface area contributed by atoms with Gasteiger partial charge in [0.15, 0.2) is 0 Å². The van der Waals surface area contributed by atoms with E-state index in [4.69, 9.17) is 16.4 Å². The Bertz CT molecular complexity index is 245. The second-order valence-corrected chi connectivity index (χ2v) is 5.82. The van der Waals surface area contributed by atoms with Crippen LogP contribution in [0.3, 0.4) is 0 Å². The first-order valence-corrected chi connectivity index (χ1v) is 6.72. The maximum absolute atomic E-state index is 11.7. The summed E-state index contributed by atoms with van der Waals surface area (Å²) in [6, 6.07) is 0. The molecule has 0 atom stereocenters. The number of hydrogen-bond acceptors (Lipinski definition) is 4. The predicted octanol–water partition coefficient (Wildman–Crippen LogP) is 1.74. The molecule has 0 aliphatic carbocycles. The van der Waals surface area contributed by atoms with Gasteiger partial charge in [0.25, 0.3) is 0 Å². The van der Waals surface area contributed by atoms with Crippen LogP contribution in [-0.4, -0.2) is 54.5 Å². The van der Waals surface area contributed by atoms with Crippen molar-refractivity contribution in [3.8, 4) is 0 Å². The quantitative estimate of drug-likeness (QED) is 0.723. The summed E-state index contributed by atoms with van der Waals surface area (Å²) in [5.41, 5.74) is -0.435. The summed E-state index contributed by atoms with van der Waals surface area (Å²) >= 11 is 5.66. The van der Waals surface area contributed by atoms with Gasteiger partial charge in [0, 0.05) is 32.1 Å². The summed E-state index contributed by atoms with van der Waals surface area (Å²) in [5.74, 6) is 0.547. The molecule has 4 nitrogen and oxygen atoms in total. The molecule has 1 aliphatic heterocycles. The first kappa shape index (κ1) is 14.7.